The molecule has 8 heteroatoms. The minimum atomic E-state index is -3.07. The second-order valence-electron chi connectivity index (χ2n) is 4.63. The van der Waals surface area contributed by atoms with E-state index in [2.05, 4.69) is 5.32 Å². The maximum atomic E-state index is 11.7. The number of rotatable bonds is 5. The highest BCUT2D eigenvalue weighted by Gasteiger charge is 2.31. The first-order chi connectivity index (χ1) is 9.45. The summed E-state index contributed by atoms with van der Waals surface area (Å²) in [6.07, 6.45) is 1.24. The van der Waals surface area contributed by atoms with E-state index in [1.807, 2.05) is 0 Å². The van der Waals surface area contributed by atoms with Gasteiger partial charge in [-0.15, -0.1) is 0 Å². The van der Waals surface area contributed by atoms with Crippen molar-refractivity contribution in [3.05, 3.63) is 28.3 Å². The van der Waals surface area contributed by atoms with Crippen LogP contribution in [0, 0.1) is 10.1 Å². The molecule has 0 aromatic heterocycles. The molecular formula is C12H16N2O5S. The van der Waals surface area contributed by atoms with Crippen LogP contribution >= 0.6 is 0 Å². The Hall–Kier alpha value is -1.83. The lowest BCUT2D eigenvalue weighted by atomic mass is 10.2. The van der Waals surface area contributed by atoms with Gasteiger partial charge in [-0.25, -0.2) is 8.42 Å². The second kappa shape index (κ2) is 5.66. The van der Waals surface area contributed by atoms with Gasteiger partial charge in [0.2, 0.25) is 0 Å². The van der Waals surface area contributed by atoms with Crippen molar-refractivity contribution in [1.29, 1.82) is 0 Å². The summed E-state index contributed by atoms with van der Waals surface area (Å²) in [5.74, 6) is 0.341. The van der Waals surface area contributed by atoms with Crippen LogP contribution in [0.2, 0.25) is 0 Å². The fourth-order valence-electron chi connectivity index (χ4n) is 2.33. The van der Waals surface area contributed by atoms with Crippen molar-refractivity contribution in [2.45, 2.75) is 18.1 Å². The molecule has 1 aromatic carbocycles. The molecule has 0 aliphatic carbocycles. The summed E-state index contributed by atoms with van der Waals surface area (Å²) in [6, 6.07) is 4.66. The first-order valence-corrected chi connectivity index (χ1v) is 7.94. The van der Waals surface area contributed by atoms with Crippen LogP contribution in [0.15, 0.2) is 18.2 Å². The number of ether oxygens (including phenoxy) is 1. The predicted octanol–water partition coefficient (Wildman–Crippen LogP) is 1.59. The van der Waals surface area contributed by atoms with E-state index in [0.717, 1.165) is 0 Å². The molecule has 1 heterocycles. The molecule has 7 nitrogen and oxygen atoms in total. The van der Waals surface area contributed by atoms with Gasteiger partial charge in [0.25, 0.3) is 0 Å². The van der Waals surface area contributed by atoms with Gasteiger partial charge in [-0.1, -0.05) is 6.07 Å². The summed E-state index contributed by atoms with van der Waals surface area (Å²) in [5.41, 5.74) is 0.0989. The summed E-state index contributed by atoms with van der Waals surface area (Å²) < 4.78 is 28.4. The summed E-state index contributed by atoms with van der Waals surface area (Å²) in [6.45, 7) is 0.177. The monoisotopic (exact) mass is 300 g/mol. The van der Waals surface area contributed by atoms with E-state index in [-0.39, 0.29) is 29.4 Å². The van der Waals surface area contributed by atoms with Crippen molar-refractivity contribution in [1.82, 2.24) is 0 Å². The Morgan fingerprint density at radius 3 is 2.80 bits per heavy atom. The third kappa shape index (κ3) is 2.84. The molecule has 1 aliphatic heterocycles. The Balaban J connectivity index is 2.20. The van der Waals surface area contributed by atoms with Crippen molar-refractivity contribution < 1.29 is 18.1 Å². The molecule has 0 spiro atoms. The Morgan fingerprint density at radius 1 is 1.50 bits per heavy atom. The van der Waals surface area contributed by atoms with Crippen LogP contribution < -0.4 is 10.1 Å². The minimum Gasteiger partial charge on any atom is -0.490 e. The van der Waals surface area contributed by atoms with Crippen molar-refractivity contribution >= 4 is 21.2 Å². The van der Waals surface area contributed by atoms with Gasteiger partial charge in [-0.05, 0) is 25.0 Å². The number of methoxy groups -OCH3 is 1. The van der Waals surface area contributed by atoms with Crippen LogP contribution in [-0.2, 0) is 9.84 Å². The van der Waals surface area contributed by atoms with Crippen LogP contribution in [0.3, 0.4) is 0 Å². The molecule has 2 rings (SSSR count). The summed E-state index contributed by atoms with van der Waals surface area (Å²) in [7, 11) is -1.71. The molecule has 1 unspecified atom stereocenters. The number of hydrogen-bond acceptors (Lipinski definition) is 6. The van der Waals surface area contributed by atoms with Crippen molar-refractivity contribution in [2.75, 3.05) is 24.7 Å². The fourth-order valence-corrected chi connectivity index (χ4v) is 4.09. The smallest absolute Gasteiger partial charge is 0.333 e. The highest BCUT2D eigenvalue weighted by atomic mass is 32.2. The fraction of sp³-hybridized carbons (Fsp3) is 0.500. The van der Waals surface area contributed by atoms with Gasteiger partial charge in [-0.2, -0.15) is 0 Å². The molecule has 0 radical (unpaired) electrons. The lowest BCUT2D eigenvalue weighted by molar-refractivity contribution is -0.384. The van der Waals surface area contributed by atoms with Crippen LogP contribution in [0.4, 0.5) is 11.4 Å². The number of anilines is 1. The van der Waals surface area contributed by atoms with E-state index in [4.69, 9.17) is 4.74 Å². The molecular weight excluding hydrogens is 284 g/mol. The molecule has 110 valence electrons. The van der Waals surface area contributed by atoms with E-state index in [0.29, 0.717) is 12.8 Å². The number of para-hydroxylation sites is 1. The quantitative estimate of drug-likeness (QED) is 0.655. The van der Waals surface area contributed by atoms with Gasteiger partial charge in [0, 0.05) is 6.54 Å². The Bertz CT molecular complexity index is 614. The van der Waals surface area contributed by atoms with E-state index >= 15 is 0 Å². The summed E-state index contributed by atoms with van der Waals surface area (Å²) in [4.78, 5) is 10.6. The third-order valence-electron chi connectivity index (χ3n) is 3.38. The van der Waals surface area contributed by atoms with Gasteiger partial charge in [0.15, 0.2) is 15.6 Å². The molecule has 0 amide bonds. The number of nitro groups is 1. The van der Waals surface area contributed by atoms with Gasteiger partial charge in [0.1, 0.15) is 5.69 Å². The number of nitro benzene ring substituents is 1. The maximum Gasteiger partial charge on any atom is 0.333 e. The average Bonchev–Trinajstić information content (AvgIpc) is 2.74. The van der Waals surface area contributed by atoms with Crippen molar-refractivity contribution in [2.24, 2.45) is 0 Å². The van der Waals surface area contributed by atoms with Crippen molar-refractivity contribution in [3.63, 3.8) is 0 Å². The standard InChI is InChI=1S/C12H16N2O5S/c1-19-11-6-2-5-10(12(11)14(15)16)13-8-9-4-3-7-20(9,17)18/h2,5-6,9,13H,3-4,7-8H2,1H3. The molecule has 20 heavy (non-hydrogen) atoms. The number of nitrogens with one attached hydrogen (secondary N) is 1. The Kier molecular flexibility index (Phi) is 4.12. The first-order valence-electron chi connectivity index (χ1n) is 6.22. The number of hydrogen-bond donors (Lipinski definition) is 1. The topological polar surface area (TPSA) is 98.5 Å². The normalized spacial score (nSPS) is 20.6. The largest absolute Gasteiger partial charge is 0.490 e. The SMILES string of the molecule is COc1cccc(NCC2CCCS2(=O)=O)c1[N+](=O)[O-]. The van der Waals surface area contributed by atoms with Crippen LogP contribution in [0.5, 0.6) is 5.75 Å². The van der Waals surface area contributed by atoms with Gasteiger partial charge >= 0.3 is 5.69 Å². The van der Waals surface area contributed by atoms with E-state index in [1.165, 1.54) is 13.2 Å². The number of sulfone groups is 1. The lowest BCUT2D eigenvalue weighted by Gasteiger charge is -2.13. The highest BCUT2D eigenvalue weighted by molar-refractivity contribution is 7.92. The number of benzene rings is 1. The molecule has 0 bridgehead atoms. The van der Waals surface area contributed by atoms with Crippen LogP contribution in [-0.4, -0.2) is 38.0 Å². The lowest BCUT2D eigenvalue weighted by Crippen LogP contribution is -2.25. The van der Waals surface area contributed by atoms with E-state index in [9.17, 15) is 18.5 Å². The third-order valence-corrected chi connectivity index (χ3v) is 5.66. The zero-order valence-electron chi connectivity index (χ0n) is 11.0. The van der Waals surface area contributed by atoms with E-state index in [1.54, 1.807) is 12.1 Å². The summed E-state index contributed by atoms with van der Waals surface area (Å²) in [5, 5.41) is 13.5. The maximum absolute atomic E-state index is 11.7. The van der Waals surface area contributed by atoms with Crippen LogP contribution in [0.25, 0.3) is 0 Å². The van der Waals surface area contributed by atoms with Crippen LogP contribution in [0.1, 0.15) is 12.8 Å². The van der Waals surface area contributed by atoms with E-state index < -0.39 is 20.0 Å². The Labute approximate surface area is 117 Å². The minimum absolute atomic E-state index is 0.147. The molecule has 0 saturated carbocycles. The molecule has 1 aromatic rings. The molecule has 1 N–H and O–H groups in total. The second-order valence-corrected chi connectivity index (χ2v) is 7.03. The zero-order valence-corrected chi connectivity index (χ0v) is 11.9. The zero-order chi connectivity index (χ0) is 14.8. The predicted molar refractivity (Wildman–Crippen MR) is 74.9 cm³/mol. The highest BCUT2D eigenvalue weighted by Crippen LogP contribution is 2.34. The van der Waals surface area contributed by atoms with Gasteiger partial charge in [0.05, 0.1) is 23.0 Å². The summed E-state index contributed by atoms with van der Waals surface area (Å²) >= 11 is 0. The average molecular weight is 300 g/mol. The number of nitrogens with zero attached hydrogens (tertiary/aromatic N) is 1. The Morgan fingerprint density at radius 2 is 2.25 bits per heavy atom. The van der Waals surface area contributed by atoms with Gasteiger partial charge in [-0.3, -0.25) is 10.1 Å². The molecule has 1 atom stereocenters. The van der Waals surface area contributed by atoms with Crippen molar-refractivity contribution in [3.8, 4) is 5.75 Å². The first kappa shape index (κ1) is 14.6. The van der Waals surface area contributed by atoms with Gasteiger partial charge < -0.3 is 10.1 Å². The molecule has 1 saturated heterocycles. The molecule has 1 aliphatic rings. The molecule has 1 fully saturated rings.